The molecule has 4 heteroatoms. The highest BCUT2D eigenvalue weighted by molar-refractivity contribution is 5.37. The molecule has 66 valence electrons. The second-order valence-corrected chi connectivity index (χ2v) is 2.63. The lowest BCUT2D eigenvalue weighted by Crippen LogP contribution is -2.10. The highest BCUT2D eigenvalue weighted by Gasteiger charge is 2.00. The molecule has 4 nitrogen and oxygen atoms in total. The van der Waals surface area contributed by atoms with Crippen molar-refractivity contribution in [3.63, 3.8) is 0 Å². The van der Waals surface area contributed by atoms with E-state index in [0.717, 1.165) is 13.0 Å². The molecule has 0 aromatic carbocycles. The molecule has 0 amide bonds. The molecule has 1 aromatic rings. The Morgan fingerprint density at radius 1 is 1.75 bits per heavy atom. The zero-order valence-corrected chi connectivity index (χ0v) is 7.01. The Bertz CT molecular complexity index is 221. The molecular formula is C8H12N2O2. The van der Waals surface area contributed by atoms with Crippen LogP contribution in [0.1, 0.15) is 13.3 Å². The van der Waals surface area contributed by atoms with Gasteiger partial charge in [-0.25, -0.2) is 4.98 Å². The maximum atomic E-state index is 9.94. The molecule has 0 fully saturated rings. The Hall–Kier alpha value is -1.32. The van der Waals surface area contributed by atoms with Crippen LogP contribution in [0.25, 0.3) is 0 Å². The van der Waals surface area contributed by atoms with Gasteiger partial charge in [0.2, 0.25) is 0 Å². The van der Waals surface area contributed by atoms with Gasteiger partial charge in [0, 0.05) is 25.4 Å². The zero-order valence-electron chi connectivity index (χ0n) is 7.01. The number of carbonyl (C=O) groups excluding carboxylic acids is 1. The van der Waals surface area contributed by atoms with Crippen molar-refractivity contribution in [3.05, 3.63) is 18.7 Å². The van der Waals surface area contributed by atoms with Gasteiger partial charge >= 0.3 is 0 Å². The fourth-order valence-corrected chi connectivity index (χ4v) is 0.913. The molecule has 0 N–H and O–H groups in total. The Morgan fingerprint density at radius 2 is 2.58 bits per heavy atom. The van der Waals surface area contributed by atoms with E-state index >= 15 is 0 Å². The van der Waals surface area contributed by atoms with Gasteiger partial charge in [0.05, 0.1) is 6.33 Å². The van der Waals surface area contributed by atoms with Crippen molar-refractivity contribution in [1.29, 1.82) is 0 Å². The minimum atomic E-state index is -0.0232. The highest BCUT2D eigenvalue weighted by atomic mass is 16.5. The van der Waals surface area contributed by atoms with Crippen LogP contribution in [0.2, 0.25) is 0 Å². The van der Waals surface area contributed by atoms with Gasteiger partial charge in [-0.15, -0.1) is 0 Å². The van der Waals surface area contributed by atoms with Crippen LogP contribution in [0.3, 0.4) is 0 Å². The van der Waals surface area contributed by atoms with Gasteiger partial charge in [-0.2, -0.15) is 0 Å². The lowest BCUT2D eigenvalue weighted by Gasteiger charge is -2.08. The first-order valence-electron chi connectivity index (χ1n) is 3.88. The molecule has 0 saturated carbocycles. The molecule has 1 unspecified atom stereocenters. The van der Waals surface area contributed by atoms with Crippen molar-refractivity contribution in [2.24, 2.45) is 0 Å². The smallest absolute Gasteiger partial charge is 0.293 e. The van der Waals surface area contributed by atoms with Crippen LogP contribution < -0.4 is 0 Å². The van der Waals surface area contributed by atoms with Crippen molar-refractivity contribution in [2.75, 3.05) is 0 Å². The summed E-state index contributed by atoms with van der Waals surface area (Å²) < 4.78 is 6.67. The molecular weight excluding hydrogens is 156 g/mol. The quantitative estimate of drug-likeness (QED) is 0.612. The fraction of sp³-hybridized carbons (Fsp3) is 0.500. The van der Waals surface area contributed by atoms with Crippen LogP contribution in [0.5, 0.6) is 0 Å². The molecule has 0 aliphatic carbocycles. The second kappa shape index (κ2) is 4.54. The average Bonchev–Trinajstić information content (AvgIpc) is 2.53. The Labute approximate surface area is 71.2 Å². The van der Waals surface area contributed by atoms with Crippen molar-refractivity contribution in [1.82, 2.24) is 9.55 Å². The van der Waals surface area contributed by atoms with Crippen molar-refractivity contribution in [2.45, 2.75) is 26.0 Å². The number of hydrogen-bond acceptors (Lipinski definition) is 3. The summed E-state index contributed by atoms with van der Waals surface area (Å²) in [6, 6.07) is 0. The van der Waals surface area contributed by atoms with Gasteiger partial charge in [-0.3, -0.25) is 4.79 Å². The van der Waals surface area contributed by atoms with E-state index in [-0.39, 0.29) is 6.10 Å². The molecule has 0 radical (unpaired) electrons. The van der Waals surface area contributed by atoms with Crippen molar-refractivity contribution < 1.29 is 9.53 Å². The SMILES string of the molecule is CC(CCn1ccnc1)OC=O. The number of carbonyl (C=O) groups is 1. The van der Waals surface area contributed by atoms with E-state index in [0.29, 0.717) is 6.47 Å². The standard InChI is InChI=1S/C8H12N2O2/c1-8(12-7-11)2-4-10-5-3-9-6-10/h3,5-8H,2,4H2,1H3. The minimum absolute atomic E-state index is 0.0232. The lowest BCUT2D eigenvalue weighted by atomic mass is 10.3. The maximum absolute atomic E-state index is 9.94. The lowest BCUT2D eigenvalue weighted by molar-refractivity contribution is -0.133. The third kappa shape index (κ3) is 2.74. The van der Waals surface area contributed by atoms with Crippen LogP contribution in [-0.2, 0) is 16.1 Å². The number of ether oxygens (including phenoxy) is 1. The second-order valence-electron chi connectivity index (χ2n) is 2.63. The monoisotopic (exact) mass is 168 g/mol. The summed E-state index contributed by atoms with van der Waals surface area (Å²) in [6.07, 6.45) is 6.15. The summed E-state index contributed by atoms with van der Waals surface area (Å²) in [6.45, 7) is 3.18. The Balaban J connectivity index is 2.21. The summed E-state index contributed by atoms with van der Waals surface area (Å²) in [7, 11) is 0. The topological polar surface area (TPSA) is 44.1 Å². The van der Waals surface area contributed by atoms with E-state index in [2.05, 4.69) is 4.98 Å². The Kier molecular flexibility index (Phi) is 3.32. The largest absolute Gasteiger partial charge is 0.465 e. The summed E-state index contributed by atoms with van der Waals surface area (Å²) in [5.41, 5.74) is 0. The predicted octanol–water partition coefficient (Wildman–Crippen LogP) is 0.835. The molecule has 0 spiro atoms. The molecule has 1 aromatic heterocycles. The molecule has 1 heterocycles. The van der Waals surface area contributed by atoms with Gasteiger partial charge in [0.15, 0.2) is 0 Å². The predicted molar refractivity (Wildman–Crippen MR) is 43.5 cm³/mol. The number of aryl methyl sites for hydroxylation is 1. The van der Waals surface area contributed by atoms with E-state index < -0.39 is 0 Å². The molecule has 0 bridgehead atoms. The Morgan fingerprint density at radius 3 is 3.17 bits per heavy atom. The number of imidazole rings is 1. The number of nitrogens with zero attached hydrogens (tertiary/aromatic N) is 2. The average molecular weight is 168 g/mol. The summed E-state index contributed by atoms with van der Waals surface area (Å²) in [5, 5.41) is 0. The van der Waals surface area contributed by atoms with Gasteiger partial charge in [0.25, 0.3) is 6.47 Å². The third-order valence-corrected chi connectivity index (χ3v) is 1.64. The first-order chi connectivity index (χ1) is 5.83. The molecule has 12 heavy (non-hydrogen) atoms. The molecule has 1 rings (SSSR count). The number of rotatable bonds is 5. The summed E-state index contributed by atoms with van der Waals surface area (Å²) >= 11 is 0. The molecule has 1 atom stereocenters. The summed E-state index contributed by atoms with van der Waals surface area (Å²) in [4.78, 5) is 13.8. The fourth-order valence-electron chi connectivity index (χ4n) is 0.913. The molecule has 0 saturated heterocycles. The van der Waals surface area contributed by atoms with Crippen LogP contribution in [0.15, 0.2) is 18.7 Å². The van der Waals surface area contributed by atoms with Gasteiger partial charge in [-0.1, -0.05) is 0 Å². The van der Waals surface area contributed by atoms with Crippen LogP contribution in [-0.4, -0.2) is 22.1 Å². The van der Waals surface area contributed by atoms with Crippen molar-refractivity contribution in [3.8, 4) is 0 Å². The van der Waals surface area contributed by atoms with Crippen LogP contribution in [0.4, 0.5) is 0 Å². The minimum Gasteiger partial charge on any atom is -0.465 e. The highest BCUT2D eigenvalue weighted by Crippen LogP contribution is 1.98. The number of hydrogen-bond donors (Lipinski definition) is 0. The molecule has 0 aliphatic heterocycles. The van der Waals surface area contributed by atoms with Crippen LogP contribution in [0, 0.1) is 0 Å². The van der Waals surface area contributed by atoms with E-state index in [1.165, 1.54) is 0 Å². The normalized spacial score (nSPS) is 12.4. The van der Waals surface area contributed by atoms with Gasteiger partial charge < -0.3 is 9.30 Å². The van der Waals surface area contributed by atoms with E-state index in [1.807, 2.05) is 17.7 Å². The van der Waals surface area contributed by atoms with E-state index in [1.54, 1.807) is 12.5 Å². The first kappa shape index (κ1) is 8.77. The van der Waals surface area contributed by atoms with Gasteiger partial charge in [0.1, 0.15) is 6.10 Å². The zero-order chi connectivity index (χ0) is 8.81. The van der Waals surface area contributed by atoms with Gasteiger partial charge in [-0.05, 0) is 6.92 Å². The van der Waals surface area contributed by atoms with E-state index in [4.69, 9.17) is 4.74 Å². The van der Waals surface area contributed by atoms with E-state index in [9.17, 15) is 4.79 Å². The number of aromatic nitrogens is 2. The first-order valence-corrected chi connectivity index (χ1v) is 3.88. The molecule has 0 aliphatic rings. The van der Waals surface area contributed by atoms with Crippen LogP contribution >= 0.6 is 0 Å². The van der Waals surface area contributed by atoms with Crippen molar-refractivity contribution >= 4 is 6.47 Å². The maximum Gasteiger partial charge on any atom is 0.293 e. The third-order valence-electron chi connectivity index (χ3n) is 1.64. The summed E-state index contributed by atoms with van der Waals surface area (Å²) in [5.74, 6) is 0.